The molecule has 1 aliphatic heterocycles. The van der Waals surface area contributed by atoms with E-state index in [4.69, 9.17) is 4.74 Å². The van der Waals surface area contributed by atoms with Gasteiger partial charge in [-0.3, -0.25) is 4.99 Å². The van der Waals surface area contributed by atoms with Gasteiger partial charge in [0, 0.05) is 46.9 Å². The molecule has 0 atom stereocenters. The summed E-state index contributed by atoms with van der Waals surface area (Å²) < 4.78 is 5.10. The lowest BCUT2D eigenvalue weighted by Crippen LogP contribution is -2.43. The standard InChI is InChI=1S/C16H32N4O/c1-17-15(18-9-11-19(2)12-13-21-3)20-10-8-16(14-20)6-4-5-7-16/h4-14H2,1-3H3,(H,17,18). The minimum atomic E-state index is 0.604. The molecule has 0 aromatic carbocycles. The normalized spacial score (nSPS) is 21.7. The Morgan fingerprint density at radius 2 is 2.05 bits per heavy atom. The van der Waals surface area contributed by atoms with E-state index < -0.39 is 0 Å². The fourth-order valence-corrected chi connectivity index (χ4v) is 3.70. The zero-order valence-electron chi connectivity index (χ0n) is 14.0. The Bertz CT molecular complexity index is 339. The van der Waals surface area contributed by atoms with Crippen molar-refractivity contribution in [2.75, 3.05) is 60.5 Å². The van der Waals surface area contributed by atoms with Crippen LogP contribution in [0.4, 0.5) is 0 Å². The lowest BCUT2D eigenvalue weighted by atomic mass is 9.86. The second kappa shape index (κ2) is 7.99. The highest BCUT2D eigenvalue weighted by molar-refractivity contribution is 5.80. The van der Waals surface area contributed by atoms with E-state index in [1.165, 1.54) is 45.2 Å². The lowest BCUT2D eigenvalue weighted by Gasteiger charge is -2.26. The van der Waals surface area contributed by atoms with Gasteiger partial charge in [-0.05, 0) is 31.7 Å². The molecule has 0 aromatic heterocycles. The van der Waals surface area contributed by atoms with Crippen molar-refractivity contribution in [2.24, 2.45) is 10.4 Å². The van der Waals surface area contributed by atoms with Crippen LogP contribution < -0.4 is 5.32 Å². The Morgan fingerprint density at radius 1 is 1.29 bits per heavy atom. The number of nitrogens with one attached hydrogen (secondary N) is 1. The van der Waals surface area contributed by atoms with Crippen LogP contribution in [0.15, 0.2) is 4.99 Å². The molecule has 0 unspecified atom stereocenters. The molecular weight excluding hydrogens is 264 g/mol. The van der Waals surface area contributed by atoms with Crippen molar-refractivity contribution in [3.8, 4) is 0 Å². The van der Waals surface area contributed by atoms with E-state index in [2.05, 4.69) is 27.2 Å². The summed E-state index contributed by atoms with van der Waals surface area (Å²) in [4.78, 5) is 9.21. The van der Waals surface area contributed by atoms with Gasteiger partial charge in [0.25, 0.3) is 0 Å². The predicted octanol–water partition coefficient (Wildman–Crippen LogP) is 1.41. The van der Waals surface area contributed by atoms with Gasteiger partial charge in [-0.1, -0.05) is 12.8 Å². The Morgan fingerprint density at radius 3 is 2.71 bits per heavy atom. The average Bonchev–Trinajstić information content (AvgIpc) is 3.12. The fraction of sp³-hybridized carbons (Fsp3) is 0.938. The number of rotatable bonds is 6. The Labute approximate surface area is 129 Å². The Kier molecular flexibility index (Phi) is 6.30. The van der Waals surface area contributed by atoms with E-state index in [0.717, 1.165) is 32.2 Å². The summed E-state index contributed by atoms with van der Waals surface area (Å²) in [7, 11) is 5.78. The molecule has 2 rings (SSSR count). The highest BCUT2D eigenvalue weighted by Gasteiger charge is 2.40. The first-order valence-corrected chi connectivity index (χ1v) is 8.32. The molecule has 1 aliphatic carbocycles. The molecule has 122 valence electrons. The monoisotopic (exact) mass is 296 g/mol. The molecule has 0 amide bonds. The third kappa shape index (κ3) is 4.58. The summed E-state index contributed by atoms with van der Waals surface area (Å²) in [5.74, 6) is 1.08. The molecule has 5 nitrogen and oxygen atoms in total. The van der Waals surface area contributed by atoms with Crippen LogP contribution in [-0.4, -0.2) is 76.3 Å². The summed E-state index contributed by atoms with van der Waals surface area (Å²) in [6.45, 7) is 6.09. The number of methoxy groups -OCH3 is 1. The van der Waals surface area contributed by atoms with E-state index >= 15 is 0 Å². The Balaban J connectivity index is 1.71. The Hall–Kier alpha value is -0.810. The highest BCUT2D eigenvalue weighted by atomic mass is 16.5. The van der Waals surface area contributed by atoms with Crippen LogP contribution in [0.25, 0.3) is 0 Å². The summed E-state index contributed by atoms with van der Waals surface area (Å²) in [5, 5.41) is 3.52. The first-order valence-electron chi connectivity index (χ1n) is 8.32. The van der Waals surface area contributed by atoms with Crippen molar-refractivity contribution in [1.82, 2.24) is 15.1 Å². The number of ether oxygens (including phenoxy) is 1. The molecule has 1 saturated heterocycles. The summed E-state index contributed by atoms with van der Waals surface area (Å²) in [6, 6.07) is 0. The first kappa shape index (κ1) is 16.6. The van der Waals surface area contributed by atoms with Crippen LogP contribution in [0.1, 0.15) is 32.1 Å². The number of likely N-dealkylation sites (tertiary alicyclic amines) is 1. The molecule has 0 radical (unpaired) electrons. The van der Waals surface area contributed by atoms with Gasteiger partial charge in [-0.15, -0.1) is 0 Å². The zero-order chi connectivity index (χ0) is 15.1. The number of guanidine groups is 1. The molecule has 1 spiro atoms. The van der Waals surface area contributed by atoms with Crippen molar-refractivity contribution in [3.05, 3.63) is 0 Å². The van der Waals surface area contributed by atoms with Crippen LogP contribution in [0.2, 0.25) is 0 Å². The van der Waals surface area contributed by atoms with E-state index in [1.807, 2.05) is 7.05 Å². The van der Waals surface area contributed by atoms with Crippen molar-refractivity contribution in [3.63, 3.8) is 0 Å². The summed E-state index contributed by atoms with van der Waals surface area (Å²) >= 11 is 0. The van der Waals surface area contributed by atoms with Crippen LogP contribution in [-0.2, 0) is 4.74 Å². The van der Waals surface area contributed by atoms with E-state index in [1.54, 1.807) is 7.11 Å². The molecule has 5 heteroatoms. The minimum Gasteiger partial charge on any atom is -0.383 e. The van der Waals surface area contributed by atoms with Crippen molar-refractivity contribution >= 4 is 5.96 Å². The fourth-order valence-electron chi connectivity index (χ4n) is 3.70. The van der Waals surface area contributed by atoms with Crippen LogP contribution in [0.3, 0.4) is 0 Å². The maximum Gasteiger partial charge on any atom is 0.193 e. The number of hydrogen-bond donors (Lipinski definition) is 1. The van der Waals surface area contributed by atoms with Gasteiger partial charge in [0.1, 0.15) is 0 Å². The third-order valence-corrected chi connectivity index (χ3v) is 5.07. The average molecular weight is 296 g/mol. The van der Waals surface area contributed by atoms with Gasteiger partial charge in [0.2, 0.25) is 0 Å². The maximum atomic E-state index is 5.10. The molecule has 2 fully saturated rings. The maximum absolute atomic E-state index is 5.10. The molecule has 1 N–H and O–H groups in total. The predicted molar refractivity (Wildman–Crippen MR) is 87.8 cm³/mol. The molecule has 1 saturated carbocycles. The van der Waals surface area contributed by atoms with Crippen LogP contribution in [0.5, 0.6) is 0 Å². The van der Waals surface area contributed by atoms with Gasteiger partial charge in [-0.25, -0.2) is 0 Å². The van der Waals surface area contributed by atoms with E-state index in [9.17, 15) is 0 Å². The van der Waals surface area contributed by atoms with E-state index in [0.29, 0.717) is 5.41 Å². The molecule has 2 aliphatic rings. The van der Waals surface area contributed by atoms with Gasteiger partial charge < -0.3 is 19.9 Å². The minimum absolute atomic E-state index is 0.604. The number of aliphatic imine (C=N–C) groups is 1. The van der Waals surface area contributed by atoms with Crippen molar-refractivity contribution in [2.45, 2.75) is 32.1 Å². The lowest BCUT2D eigenvalue weighted by molar-refractivity contribution is 0.162. The largest absolute Gasteiger partial charge is 0.383 e. The van der Waals surface area contributed by atoms with Gasteiger partial charge >= 0.3 is 0 Å². The molecular formula is C16H32N4O. The molecule has 0 aromatic rings. The summed E-state index contributed by atoms with van der Waals surface area (Å²) in [5.41, 5.74) is 0.604. The van der Waals surface area contributed by atoms with Crippen molar-refractivity contribution in [1.29, 1.82) is 0 Å². The summed E-state index contributed by atoms with van der Waals surface area (Å²) in [6.07, 6.45) is 7.02. The second-order valence-electron chi connectivity index (χ2n) is 6.65. The highest BCUT2D eigenvalue weighted by Crippen LogP contribution is 2.45. The van der Waals surface area contributed by atoms with Gasteiger partial charge in [0.05, 0.1) is 6.61 Å². The van der Waals surface area contributed by atoms with Crippen LogP contribution >= 0.6 is 0 Å². The van der Waals surface area contributed by atoms with Gasteiger partial charge in [0.15, 0.2) is 5.96 Å². The topological polar surface area (TPSA) is 40.1 Å². The zero-order valence-corrected chi connectivity index (χ0v) is 14.0. The second-order valence-corrected chi connectivity index (χ2v) is 6.65. The first-order chi connectivity index (χ1) is 10.2. The third-order valence-electron chi connectivity index (χ3n) is 5.07. The smallest absolute Gasteiger partial charge is 0.193 e. The quantitative estimate of drug-likeness (QED) is 0.594. The van der Waals surface area contributed by atoms with Crippen molar-refractivity contribution < 1.29 is 4.74 Å². The number of nitrogens with zero attached hydrogens (tertiary/aromatic N) is 3. The molecule has 21 heavy (non-hydrogen) atoms. The SMILES string of the molecule is CN=C(NCCN(C)CCOC)N1CCC2(CCCC2)C1. The molecule has 1 heterocycles. The van der Waals surface area contributed by atoms with E-state index in [-0.39, 0.29) is 0 Å². The number of hydrogen-bond acceptors (Lipinski definition) is 3. The molecule has 0 bridgehead atoms. The number of likely N-dealkylation sites (N-methyl/N-ethyl adjacent to an activating group) is 1. The van der Waals surface area contributed by atoms with Crippen LogP contribution in [0, 0.1) is 5.41 Å². The van der Waals surface area contributed by atoms with Gasteiger partial charge in [-0.2, -0.15) is 0 Å².